The summed E-state index contributed by atoms with van der Waals surface area (Å²) in [5.74, 6) is -0.284. The van der Waals surface area contributed by atoms with Crippen LogP contribution in [0.2, 0.25) is 0 Å². The Bertz CT molecular complexity index is 359. The molecule has 1 aromatic heterocycles. The second-order valence-corrected chi connectivity index (χ2v) is 3.73. The maximum atomic E-state index is 11.0. The van der Waals surface area contributed by atoms with Crippen LogP contribution in [0.15, 0.2) is 18.3 Å². The van der Waals surface area contributed by atoms with Crippen LogP contribution >= 0.6 is 0 Å². The molecule has 0 spiro atoms. The molecule has 0 aromatic carbocycles. The van der Waals surface area contributed by atoms with Crippen LogP contribution in [-0.4, -0.2) is 29.1 Å². The van der Waals surface area contributed by atoms with Crippen molar-refractivity contribution in [2.45, 2.75) is 19.3 Å². The zero-order valence-electron chi connectivity index (χ0n) is 8.52. The highest BCUT2D eigenvalue weighted by Crippen LogP contribution is 2.21. The van der Waals surface area contributed by atoms with E-state index in [9.17, 15) is 4.79 Å². The van der Waals surface area contributed by atoms with E-state index in [1.807, 2.05) is 0 Å². The molecule has 1 aliphatic rings. The summed E-state index contributed by atoms with van der Waals surface area (Å²) in [6.07, 6.45) is 5.12. The van der Waals surface area contributed by atoms with E-state index in [-0.39, 0.29) is 0 Å². The molecule has 4 heteroatoms. The Balaban J connectivity index is 2.29. The third-order valence-electron chi connectivity index (χ3n) is 2.67. The number of hydrogen-bond donors (Lipinski definition) is 1. The first-order chi connectivity index (χ1) is 7.29. The van der Waals surface area contributed by atoms with Crippen LogP contribution < -0.4 is 4.90 Å². The summed E-state index contributed by atoms with van der Waals surface area (Å²) in [5.41, 5.74) is 0.305. The third-order valence-corrected chi connectivity index (χ3v) is 2.67. The van der Waals surface area contributed by atoms with Crippen LogP contribution in [0.4, 0.5) is 5.82 Å². The van der Waals surface area contributed by atoms with E-state index in [1.54, 1.807) is 18.3 Å². The molecule has 0 unspecified atom stereocenters. The molecule has 1 N–H and O–H groups in total. The van der Waals surface area contributed by atoms with Gasteiger partial charge in [0.1, 0.15) is 11.4 Å². The van der Waals surface area contributed by atoms with Gasteiger partial charge in [0.2, 0.25) is 0 Å². The van der Waals surface area contributed by atoms with E-state index >= 15 is 0 Å². The number of anilines is 1. The van der Waals surface area contributed by atoms with Gasteiger partial charge in [-0.05, 0) is 31.4 Å². The Labute approximate surface area is 88.6 Å². The first kappa shape index (κ1) is 9.96. The molecule has 2 heterocycles. The predicted octanol–water partition coefficient (Wildman–Crippen LogP) is 1.77. The minimum atomic E-state index is -0.899. The van der Waals surface area contributed by atoms with E-state index in [0.29, 0.717) is 11.4 Å². The molecule has 0 aliphatic carbocycles. The minimum absolute atomic E-state index is 0.305. The number of pyridine rings is 1. The molecule has 0 saturated carbocycles. The second-order valence-electron chi connectivity index (χ2n) is 3.73. The highest BCUT2D eigenvalue weighted by molar-refractivity contribution is 5.93. The van der Waals surface area contributed by atoms with Crippen LogP contribution in [-0.2, 0) is 0 Å². The molecule has 0 amide bonds. The van der Waals surface area contributed by atoms with Gasteiger partial charge in [-0.15, -0.1) is 0 Å². The summed E-state index contributed by atoms with van der Waals surface area (Å²) in [6, 6.07) is 3.27. The Morgan fingerprint density at radius 1 is 1.33 bits per heavy atom. The summed E-state index contributed by atoms with van der Waals surface area (Å²) < 4.78 is 0. The van der Waals surface area contributed by atoms with Crippen molar-refractivity contribution in [3.05, 3.63) is 23.9 Å². The zero-order chi connectivity index (χ0) is 10.7. The molecule has 0 atom stereocenters. The number of carbonyl (C=O) groups is 1. The van der Waals surface area contributed by atoms with Crippen molar-refractivity contribution in [3.63, 3.8) is 0 Å². The van der Waals surface area contributed by atoms with Gasteiger partial charge in [0.05, 0.1) is 0 Å². The average Bonchev–Trinajstić information content (AvgIpc) is 2.30. The van der Waals surface area contributed by atoms with Crippen molar-refractivity contribution in [2.24, 2.45) is 0 Å². The third kappa shape index (κ3) is 2.09. The quantitative estimate of drug-likeness (QED) is 0.801. The molecule has 4 nitrogen and oxygen atoms in total. The maximum Gasteiger partial charge on any atom is 0.339 e. The summed E-state index contributed by atoms with van der Waals surface area (Å²) in [7, 11) is 0. The monoisotopic (exact) mass is 206 g/mol. The Morgan fingerprint density at radius 3 is 2.73 bits per heavy atom. The average molecular weight is 206 g/mol. The molecule has 0 bridgehead atoms. The van der Waals surface area contributed by atoms with E-state index in [4.69, 9.17) is 5.11 Å². The molecule has 80 valence electrons. The first-order valence-corrected chi connectivity index (χ1v) is 5.22. The standard InChI is InChI=1S/C11H14N2O2/c14-11(15)9-5-4-6-12-10(9)13-7-2-1-3-8-13/h4-6H,1-3,7-8H2,(H,14,15). The topological polar surface area (TPSA) is 53.4 Å². The van der Waals surface area contributed by atoms with Crippen LogP contribution in [0.3, 0.4) is 0 Å². The zero-order valence-corrected chi connectivity index (χ0v) is 8.52. The Hall–Kier alpha value is -1.58. The fourth-order valence-electron chi connectivity index (χ4n) is 1.92. The molecule has 0 radical (unpaired) electrons. The summed E-state index contributed by atoms with van der Waals surface area (Å²) in [6.45, 7) is 1.83. The number of rotatable bonds is 2. The van der Waals surface area contributed by atoms with Gasteiger partial charge in [0.25, 0.3) is 0 Å². The SMILES string of the molecule is O=C(O)c1cccnc1N1CCCCC1. The van der Waals surface area contributed by atoms with Crippen LogP contribution in [0, 0.1) is 0 Å². The summed E-state index contributed by atoms with van der Waals surface area (Å²) >= 11 is 0. The number of nitrogens with zero attached hydrogens (tertiary/aromatic N) is 2. The lowest BCUT2D eigenvalue weighted by atomic mass is 10.1. The van der Waals surface area contributed by atoms with Gasteiger partial charge >= 0.3 is 5.97 Å². The molecule has 2 rings (SSSR count). The van der Waals surface area contributed by atoms with Crippen LogP contribution in [0.5, 0.6) is 0 Å². The molecule has 1 saturated heterocycles. The number of hydrogen-bond acceptors (Lipinski definition) is 3. The molecule has 1 fully saturated rings. The van der Waals surface area contributed by atoms with Crippen molar-refractivity contribution in [3.8, 4) is 0 Å². The lowest BCUT2D eigenvalue weighted by molar-refractivity contribution is 0.0697. The minimum Gasteiger partial charge on any atom is -0.478 e. The number of carboxylic acid groups (broad SMARTS) is 1. The smallest absolute Gasteiger partial charge is 0.339 e. The van der Waals surface area contributed by atoms with E-state index < -0.39 is 5.97 Å². The molecule has 1 aliphatic heterocycles. The summed E-state index contributed by atoms with van der Waals surface area (Å²) in [4.78, 5) is 17.2. The molecule has 15 heavy (non-hydrogen) atoms. The van der Waals surface area contributed by atoms with Gasteiger partial charge in [0.15, 0.2) is 0 Å². The number of carboxylic acids is 1. The van der Waals surface area contributed by atoms with E-state index in [0.717, 1.165) is 25.9 Å². The van der Waals surface area contributed by atoms with Crippen molar-refractivity contribution >= 4 is 11.8 Å². The molecular formula is C11H14N2O2. The number of piperidine rings is 1. The van der Waals surface area contributed by atoms with E-state index in [1.165, 1.54) is 6.42 Å². The van der Waals surface area contributed by atoms with Gasteiger partial charge in [0, 0.05) is 19.3 Å². The van der Waals surface area contributed by atoms with E-state index in [2.05, 4.69) is 9.88 Å². The highest BCUT2D eigenvalue weighted by Gasteiger charge is 2.18. The van der Waals surface area contributed by atoms with Crippen LogP contribution in [0.1, 0.15) is 29.6 Å². The normalized spacial score (nSPS) is 16.4. The van der Waals surface area contributed by atoms with Gasteiger partial charge in [-0.25, -0.2) is 9.78 Å². The van der Waals surface area contributed by atoms with Crippen molar-refractivity contribution in [1.82, 2.24) is 4.98 Å². The van der Waals surface area contributed by atoms with Gasteiger partial charge < -0.3 is 10.0 Å². The molecular weight excluding hydrogens is 192 g/mol. The predicted molar refractivity (Wildman–Crippen MR) is 57.3 cm³/mol. The van der Waals surface area contributed by atoms with Crippen LogP contribution in [0.25, 0.3) is 0 Å². The fourth-order valence-corrected chi connectivity index (χ4v) is 1.92. The van der Waals surface area contributed by atoms with Crippen molar-refractivity contribution in [1.29, 1.82) is 0 Å². The maximum absolute atomic E-state index is 11.0. The highest BCUT2D eigenvalue weighted by atomic mass is 16.4. The van der Waals surface area contributed by atoms with Gasteiger partial charge in [-0.2, -0.15) is 0 Å². The second kappa shape index (κ2) is 4.29. The largest absolute Gasteiger partial charge is 0.478 e. The Morgan fingerprint density at radius 2 is 2.07 bits per heavy atom. The fraction of sp³-hybridized carbons (Fsp3) is 0.455. The first-order valence-electron chi connectivity index (χ1n) is 5.22. The Kier molecular flexibility index (Phi) is 2.85. The van der Waals surface area contributed by atoms with Gasteiger partial charge in [-0.3, -0.25) is 0 Å². The van der Waals surface area contributed by atoms with Gasteiger partial charge in [-0.1, -0.05) is 0 Å². The van der Waals surface area contributed by atoms with Crippen molar-refractivity contribution in [2.75, 3.05) is 18.0 Å². The lowest BCUT2D eigenvalue weighted by Gasteiger charge is -2.28. The number of aromatic carboxylic acids is 1. The summed E-state index contributed by atoms with van der Waals surface area (Å²) in [5, 5.41) is 9.03. The van der Waals surface area contributed by atoms with Crippen molar-refractivity contribution < 1.29 is 9.90 Å². The molecule has 1 aromatic rings. The lowest BCUT2D eigenvalue weighted by Crippen LogP contribution is -2.31. The number of aromatic nitrogens is 1.